The lowest BCUT2D eigenvalue weighted by Crippen LogP contribution is -2.01. The van der Waals surface area contributed by atoms with Gasteiger partial charge in [-0.1, -0.05) is 64.1 Å². The fourth-order valence-electron chi connectivity index (χ4n) is 2.33. The van der Waals surface area contributed by atoms with Crippen LogP contribution in [0.15, 0.2) is 79.1 Å². The third-order valence-electron chi connectivity index (χ3n) is 3.63. The van der Waals surface area contributed by atoms with E-state index in [0.717, 1.165) is 10.8 Å². The molecule has 0 aliphatic rings. The molecule has 4 nitrogen and oxygen atoms in total. The van der Waals surface area contributed by atoms with Gasteiger partial charge in [0.15, 0.2) is 0 Å². The number of para-hydroxylation sites is 2. The second-order valence-corrected chi connectivity index (χ2v) is 5.51. The van der Waals surface area contributed by atoms with E-state index in [1.54, 1.807) is 26.0 Å². The minimum Gasteiger partial charge on any atom is -0.423 e. The highest BCUT2D eigenvalue weighted by Gasteiger charge is 1.99. The van der Waals surface area contributed by atoms with Crippen LogP contribution >= 0.6 is 0 Å². The van der Waals surface area contributed by atoms with E-state index in [1.165, 1.54) is 0 Å². The fraction of sp³-hybridized carbons (Fsp3) is 0.250. The molecule has 0 amide bonds. The highest BCUT2D eigenvalue weighted by molar-refractivity contribution is 5.77. The number of rotatable bonds is 0. The Morgan fingerprint density at radius 1 is 0.571 bits per heavy atom. The van der Waals surface area contributed by atoms with Crippen LogP contribution in [0.1, 0.15) is 38.8 Å². The molecule has 148 valence electrons. The summed E-state index contributed by atoms with van der Waals surface area (Å²) in [7, 11) is 0. The first-order valence-electron chi connectivity index (χ1n) is 9.53. The summed E-state index contributed by atoms with van der Waals surface area (Å²) in [5.74, 6) is 0. The van der Waals surface area contributed by atoms with Gasteiger partial charge in [-0.15, -0.1) is 0 Å². The molecule has 4 rings (SSSR count). The van der Waals surface area contributed by atoms with E-state index in [2.05, 4.69) is 0 Å². The minimum atomic E-state index is -0.256. The van der Waals surface area contributed by atoms with Crippen LogP contribution in [0.4, 0.5) is 0 Å². The molecule has 0 spiro atoms. The van der Waals surface area contributed by atoms with Gasteiger partial charge in [0.25, 0.3) is 0 Å². The molecule has 0 N–H and O–H groups in total. The van der Waals surface area contributed by atoms with Crippen molar-refractivity contribution in [2.75, 3.05) is 0 Å². The zero-order valence-corrected chi connectivity index (χ0v) is 17.4. The first kappa shape index (κ1) is 22.9. The molecule has 4 heteroatoms. The maximum atomic E-state index is 11.1. The van der Waals surface area contributed by atoms with Gasteiger partial charge < -0.3 is 8.83 Å². The molecular weight excluding hydrogens is 352 g/mol. The standard InChI is InChI=1S/2C10H8O2.2C2H6/c2*1-7-6-8-4-2-3-5-9(8)12-10(7)11;2*1-2/h2*2-6H,1H3;2*1-2H3. The van der Waals surface area contributed by atoms with Crippen molar-refractivity contribution in [3.05, 3.63) is 92.6 Å². The molecule has 2 heterocycles. The highest BCUT2D eigenvalue weighted by atomic mass is 16.4. The Balaban J connectivity index is 0.000000238. The summed E-state index contributed by atoms with van der Waals surface area (Å²) >= 11 is 0. The van der Waals surface area contributed by atoms with E-state index in [-0.39, 0.29) is 11.3 Å². The largest absolute Gasteiger partial charge is 0.423 e. The third-order valence-corrected chi connectivity index (χ3v) is 3.63. The van der Waals surface area contributed by atoms with Crippen molar-refractivity contribution >= 4 is 21.9 Å². The topological polar surface area (TPSA) is 60.4 Å². The van der Waals surface area contributed by atoms with Crippen molar-refractivity contribution in [1.29, 1.82) is 0 Å². The van der Waals surface area contributed by atoms with E-state index >= 15 is 0 Å². The van der Waals surface area contributed by atoms with E-state index in [0.29, 0.717) is 22.3 Å². The molecule has 0 aliphatic heterocycles. The number of benzene rings is 2. The van der Waals surface area contributed by atoms with Crippen LogP contribution in [0.5, 0.6) is 0 Å². The fourth-order valence-corrected chi connectivity index (χ4v) is 2.33. The van der Waals surface area contributed by atoms with E-state index in [9.17, 15) is 9.59 Å². The monoisotopic (exact) mass is 380 g/mol. The van der Waals surface area contributed by atoms with E-state index < -0.39 is 0 Å². The second kappa shape index (κ2) is 11.5. The molecule has 0 unspecified atom stereocenters. The number of fused-ring (bicyclic) bond motifs is 2. The summed E-state index contributed by atoms with van der Waals surface area (Å²) in [6.07, 6.45) is 0. The summed E-state index contributed by atoms with van der Waals surface area (Å²) in [5, 5.41) is 1.93. The van der Waals surface area contributed by atoms with Gasteiger partial charge >= 0.3 is 11.3 Å². The van der Waals surface area contributed by atoms with E-state index in [1.807, 2.05) is 76.2 Å². The number of hydrogen-bond acceptors (Lipinski definition) is 4. The van der Waals surface area contributed by atoms with Crippen LogP contribution in [0.3, 0.4) is 0 Å². The molecular formula is C24H28O4. The smallest absolute Gasteiger partial charge is 0.339 e. The van der Waals surface area contributed by atoms with Gasteiger partial charge in [-0.2, -0.15) is 0 Å². The van der Waals surface area contributed by atoms with Crippen molar-refractivity contribution in [3.63, 3.8) is 0 Å². The molecule has 0 saturated heterocycles. The van der Waals surface area contributed by atoms with Crippen LogP contribution in [0.2, 0.25) is 0 Å². The Bertz CT molecular complexity index is 1030. The molecule has 2 aromatic carbocycles. The molecule has 0 radical (unpaired) electrons. The van der Waals surface area contributed by atoms with Gasteiger partial charge in [-0.25, -0.2) is 9.59 Å². The summed E-state index contributed by atoms with van der Waals surface area (Å²) in [6.45, 7) is 11.5. The molecule has 0 fully saturated rings. The molecule has 0 atom stereocenters. The maximum Gasteiger partial charge on any atom is 0.339 e. The Hall–Kier alpha value is -3.14. The SMILES string of the molecule is CC.CC.Cc1cc2ccccc2oc1=O.Cc1cc2ccccc2oc1=O. The molecule has 0 aliphatic carbocycles. The van der Waals surface area contributed by atoms with Gasteiger partial charge in [0.2, 0.25) is 0 Å². The van der Waals surface area contributed by atoms with Crippen molar-refractivity contribution in [2.24, 2.45) is 0 Å². The first-order chi connectivity index (χ1) is 13.5. The van der Waals surface area contributed by atoms with Crippen molar-refractivity contribution in [1.82, 2.24) is 0 Å². The van der Waals surface area contributed by atoms with Crippen LogP contribution in [-0.2, 0) is 0 Å². The van der Waals surface area contributed by atoms with Crippen LogP contribution in [0.25, 0.3) is 21.9 Å². The molecule has 28 heavy (non-hydrogen) atoms. The Labute approximate surface area is 165 Å². The molecule has 4 aromatic rings. The van der Waals surface area contributed by atoms with Gasteiger partial charge in [0.1, 0.15) is 11.2 Å². The van der Waals surface area contributed by atoms with Gasteiger partial charge in [0.05, 0.1) is 0 Å². The Morgan fingerprint density at radius 3 is 1.25 bits per heavy atom. The van der Waals surface area contributed by atoms with Gasteiger partial charge in [-0.05, 0) is 38.1 Å². The lowest BCUT2D eigenvalue weighted by Gasteiger charge is -1.95. The normalized spacial score (nSPS) is 9.36. The average Bonchev–Trinajstić information content (AvgIpc) is 2.73. The summed E-state index contributed by atoms with van der Waals surface area (Å²) in [5.41, 5.74) is 2.08. The highest BCUT2D eigenvalue weighted by Crippen LogP contribution is 2.12. The third kappa shape index (κ3) is 5.95. The van der Waals surface area contributed by atoms with Gasteiger partial charge in [0, 0.05) is 21.9 Å². The zero-order chi connectivity index (χ0) is 21.1. The molecule has 0 saturated carbocycles. The number of hydrogen-bond donors (Lipinski definition) is 0. The number of aryl methyl sites for hydroxylation is 2. The minimum absolute atomic E-state index is 0.256. The van der Waals surface area contributed by atoms with Crippen LogP contribution in [-0.4, -0.2) is 0 Å². The lowest BCUT2D eigenvalue weighted by molar-refractivity contribution is 0.555. The predicted octanol–water partition coefficient (Wildman–Crippen LogP) is 6.26. The summed E-state index contributed by atoms with van der Waals surface area (Å²) in [4.78, 5) is 22.1. The first-order valence-corrected chi connectivity index (χ1v) is 9.53. The van der Waals surface area contributed by atoms with Crippen molar-refractivity contribution < 1.29 is 8.83 Å². The van der Waals surface area contributed by atoms with E-state index in [4.69, 9.17) is 8.83 Å². The quantitative estimate of drug-likeness (QED) is 0.338. The maximum absolute atomic E-state index is 11.1. The van der Waals surface area contributed by atoms with Crippen LogP contribution in [0, 0.1) is 13.8 Å². The predicted molar refractivity (Wildman–Crippen MR) is 117 cm³/mol. The van der Waals surface area contributed by atoms with Crippen molar-refractivity contribution in [3.8, 4) is 0 Å². The second-order valence-electron chi connectivity index (χ2n) is 5.51. The Morgan fingerprint density at radius 2 is 0.893 bits per heavy atom. The zero-order valence-electron chi connectivity index (χ0n) is 17.4. The summed E-state index contributed by atoms with van der Waals surface area (Å²) in [6, 6.07) is 18.6. The molecule has 0 bridgehead atoms. The van der Waals surface area contributed by atoms with Crippen LogP contribution < -0.4 is 11.3 Å². The van der Waals surface area contributed by atoms with Gasteiger partial charge in [-0.3, -0.25) is 0 Å². The summed E-state index contributed by atoms with van der Waals surface area (Å²) < 4.78 is 10.1. The molecule has 2 aromatic heterocycles. The average molecular weight is 380 g/mol. The lowest BCUT2D eigenvalue weighted by atomic mass is 10.2. The Kier molecular flexibility index (Phi) is 9.44. The van der Waals surface area contributed by atoms with Crippen molar-refractivity contribution in [2.45, 2.75) is 41.5 Å².